The van der Waals surface area contributed by atoms with Gasteiger partial charge in [0.2, 0.25) is 0 Å². The lowest BCUT2D eigenvalue weighted by Crippen LogP contribution is -2.10. The first-order valence-electron chi connectivity index (χ1n) is 15.5. The molecule has 9 rings (SSSR count). The Balaban J connectivity index is 1.12. The quantitative estimate of drug-likeness (QED) is 0.200. The number of nitrogens with zero attached hydrogens (tertiary/aromatic N) is 2. The van der Waals surface area contributed by atoms with E-state index in [4.69, 9.17) is 4.42 Å². The number of hydrogen-bond donors (Lipinski definition) is 0. The predicted molar refractivity (Wildman–Crippen MR) is 192 cm³/mol. The Labute approximate surface area is 266 Å². The summed E-state index contributed by atoms with van der Waals surface area (Å²) in [5.41, 5.74) is 10.7. The third-order valence-corrected chi connectivity index (χ3v) is 8.91. The Hall–Kier alpha value is -6.19. The van der Waals surface area contributed by atoms with Crippen molar-refractivity contribution < 1.29 is 4.42 Å². The van der Waals surface area contributed by atoms with Gasteiger partial charge < -0.3 is 9.32 Å². The highest BCUT2D eigenvalue weighted by Gasteiger charge is 2.16. The molecule has 0 saturated heterocycles. The number of fused-ring (bicyclic) bond motifs is 6. The molecule has 0 radical (unpaired) electrons. The molecule has 0 saturated carbocycles. The lowest BCUT2D eigenvalue weighted by Gasteiger charge is -2.27. The van der Waals surface area contributed by atoms with Gasteiger partial charge in [0.05, 0.1) is 5.69 Å². The van der Waals surface area contributed by atoms with Gasteiger partial charge in [-0.1, -0.05) is 103 Å². The molecule has 7 aromatic carbocycles. The Morgan fingerprint density at radius 1 is 0.435 bits per heavy atom. The van der Waals surface area contributed by atoms with Gasteiger partial charge in [0, 0.05) is 33.7 Å². The molecule has 46 heavy (non-hydrogen) atoms. The molecule has 0 aliphatic heterocycles. The Kier molecular flexibility index (Phi) is 6.14. The van der Waals surface area contributed by atoms with E-state index in [9.17, 15) is 0 Å². The maximum atomic E-state index is 6.23. The largest absolute Gasteiger partial charge is 0.454 e. The summed E-state index contributed by atoms with van der Waals surface area (Å²) in [5, 5.41) is 5.71. The standard InChI is InChI=1S/C43H28N2O/c1-2-8-29(9-3-1)30-15-21-35(22-16-30)45(40-13-6-11-32-10-4-5-12-37(32)40)36-23-17-31(18-24-36)33-19-25-38-34(28-33)20-26-39-42-41(46-43(38)39)14-7-27-44-42/h1-28H. The van der Waals surface area contributed by atoms with Crippen molar-refractivity contribution in [3.63, 3.8) is 0 Å². The summed E-state index contributed by atoms with van der Waals surface area (Å²) in [5.74, 6) is 0. The number of rotatable bonds is 5. The lowest BCUT2D eigenvalue weighted by molar-refractivity contribution is 0.672. The van der Waals surface area contributed by atoms with Crippen molar-refractivity contribution in [2.75, 3.05) is 4.90 Å². The van der Waals surface area contributed by atoms with E-state index in [0.717, 1.165) is 61.0 Å². The molecule has 2 aromatic heterocycles. The van der Waals surface area contributed by atoms with Crippen molar-refractivity contribution in [1.29, 1.82) is 0 Å². The molecule has 3 heteroatoms. The molecule has 0 aliphatic carbocycles. The van der Waals surface area contributed by atoms with Crippen LogP contribution in [0.5, 0.6) is 0 Å². The highest BCUT2D eigenvalue weighted by molar-refractivity contribution is 6.14. The third kappa shape index (κ3) is 4.41. The average Bonchev–Trinajstić information content (AvgIpc) is 3.52. The minimum Gasteiger partial charge on any atom is -0.454 e. The van der Waals surface area contributed by atoms with Crippen molar-refractivity contribution in [1.82, 2.24) is 4.98 Å². The maximum Gasteiger partial charge on any atom is 0.153 e. The number of benzene rings is 7. The van der Waals surface area contributed by atoms with Crippen LogP contribution in [0.15, 0.2) is 174 Å². The van der Waals surface area contributed by atoms with Gasteiger partial charge in [-0.3, -0.25) is 4.98 Å². The van der Waals surface area contributed by atoms with Crippen LogP contribution in [0.4, 0.5) is 17.1 Å². The third-order valence-electron chi connectivity index (χ3n) is 8.91. The second-order valence-corrected chi connectivity index (χ2v) is 11.6. The van der Waals surface area contributed by atoms with Crippen LogP contribution >= 0.6 is 0 Å². The fraction of sp³-hybridized carbons (Fsp3) is 0. The summed E-state index contributed by atoms with van der Waals surface area (Å²) in [4.78, 5) is 6.90. The van der Waals surface area contributed by atoms with E-state index in [1.54, 1.807) is 0 Å². The molecule has 0 atom stereocenters. The summed E-state index contributed by atoms with van der Waals surface area (Å²) in [6.07, 6.45) is 1.81. The number of aromatic nitrogens is 1. The van der Waals surface area contributed by atoms with Crippen LogP contribution in [-0.4, -0.2) is 4.98 Å². The van der Waals surface area contributed by atoms with Gasteiger partial charge in [-0.15, -0.1) is 0 Å². The molecule has 9 aromatic rings. The second kappa shape index (κ2) is 10.8. The van der Waals surface area contributed by atoms with Crippen LogP contribution in [0.25, 0.3) is 65.9 Å². The van der Waals surface area contributed by atoms with E-state index in [1.807, 2.05) is 18.3 Å². The van der Waals surface area contributed by atoms with E-state index in [-0.39, 0.29) is 0 Å². The first-order valence-corrected chi connectivity index (χ1v) is 15.5. The highest BCUT2D eigenvalue weighted by Crippen LogP contribution is 2.41. The molecule has 0 amide bonds. The zero-order valence-electron chi connectivity index (χ0n) is 25.0. The first kappa shape index (κ1) is 26.2. The van der Waals surface area contributed by atoms with Gasteiger partial charge in [0.25, 0.3) is 0 Å². The monoisotopic (exact) mass is 588 g/mol. The predicted octanol–water partition coefficient (Wildman–Crippen LogP) is 12.1. The minimum atomic E-state index is 0.815. The van der Waals surface area contributed by atoms with Gasteiger partial charge in [0.15, 0.2) is 5.58 Å². The molecule has 0 spiro atoms. The van der Waals surface area contributed by atoms with Crippen molar-refractivity contribution in [3.05, 3.63) is 170 Å². The number of furan rings is 1. The van der Waals surface area contributed by atoms with E-state index in [2.05, 4.69) is 162 Å². The zero-order valence-corrected chi connectivity index (χ0v) is 25.0. The Morgan fingerprint density at radius 3 is 1.89 bits per heavy atom. The molecule has 2 heterocycles. The van der Waals surface area contributed by atoms with Gasteiger partial charge in [0.1, 0.15) is 11.1 Å². The van der Waals surface area contributed by atoms with Crippen LogP contribution in [0, 0.1) is 0 Å². The fourth-order valence-corrected chi connectivity index (χ4v) is 6.63. The zero-order chi connectivity index (χ0) is 30.5. The molecule has 0 N–H and O–H groups in total. The topological polar surface area (TPSA) is 29.3 Å². The summed E-state index contributed by atoms with van der Waals surface area (Å²) in [6.45, 7) is 0. The first-order chi connectivity index (χ1) is 22.8. The SMILES string of the molecule is c1ccc(-c2ccc(N(c3ccc(-c4ccc5c(ccc6c7ncccc7oc56)c4)cc3)c3cccc4ccccc34)cc2)cc1. The summed E-state index contributed by atoms with van der Waals surface area (Å²) >= 11 is 0. The minimum absolute atomic E-state index is 0.815. The fourth-order valence-electron chi connectivity index (χ4n) is 6.63. The molecule has 0 aliphatic rings. The van der Waals surface area contributed by atoms with E-state index in [0.29, 0.717) is 0 Å². The molecule has 0 unspecified atom stereocenters. The van der Waals surface area contributed by atoms with E-state index >= 15 is 0 Å². The summed E-state index contributed by atoms with van der Waals surface area (Å²) < 4.78 is 6.23. The van der Waals surface area contributed by atoms with Crippen LogP contribution < -0.4 is 4.90 Å². The molecule has 0 fully saturated rings. The number of anilines is 3. The van der Waals surface area contributed by atoms with Gasteiger partial charge in [-0.05, 0) is 93.7 Å². The van der Waals surface area contributed by atoms with Crippen LogP contribution in [-0.2, 0) is 0 Å². The van der Waals surface area contributed by atoms with Crippen molar-refractivity contribution in [2.45, 2.75) is 0 Å². The van der Waals surface area contributed by atoms with Crippen molar-refractivity contribution >= 4 is 60.7 Å². The molecule has 0 bridgehead atoms. The average molecular weight is 589 g/mol. The van der Waals surface area contributed by atoms with Crippen LogP contribution in [0.1, 0.15) is 0 Å². The molecular weight excluding hydrogens is 560 g/mol. The van der Waals surface area contributed by atoms with Crippen molar-refractivity contribution in [3.8, 4) is 22.3 Å². The normalized spacial score (nSPS) is 11.5. The van der Waals surface area contributed by atoms with E-state index < -0.39 is 0 Å². The Bertz CT molecular complexity index is 2510. The number of hydrogen-bond acceptors (Lipinski definition) is 3. The van der Waals surface area contributed by atoms with E-state index in [1.165, 1.54) is 21.9 Å². The molecular formula is C43H28N2O. The van der Waals surface area contributed by atoms with Gasteiger partial charge >= 0.3 is 0 Å². The van der Waals surface area contributed by atoms with Gasteiger partial charge in [-0.25, -0.2) is 0 Å². The van der Waals surface area contributed by atoms with Gasteiger partial charge in [-0.2, -0.15) is 0 Å². The molecule has 216 valence electrons. The smallest absolute Gasteiger partial charge is 0.153 e. The van der Waals surface area contributed by atoms with Crippen LogP contribution in [0.3, 0.4) is 0 Å². The molecule has 3 nitrogen and oxygen atoms in total. The Morgan fingerprint density at radius 2 is 1.09 bits per heavy atom. The summed E-state index contributed by atoms with van der Waals surface area (Å²) in [6, 6.07) is 58.1. The highest BCUT2D eigenvalue weighted by atomic mass is 16.3. The van der Waals surface area contributed by atoms with Crippen molar-refractivity contribution in [2.24, 2.45) is 0 Å². The maximum absolute atomic E-state index is 6.23. The van der Waals surface area contributed by atoms with Crippen LogP contribution in [0.2, 0.25) is 0 Å². The second-order valence-electron chi connectivity index (χ2n) is 11.6. The lowest BCUT2D eigenvalue weighted by atomic mass is 9.99. The summed E-state index contributed by atoms with van der Waals surface area (Å²) in [7, 11) is 0. The number of pyridine rings is 1.